The molecule has 0 aliphatic carbocycles. The highest BCUT2D eigenvalue weighted by Crippen LogP contribution is 2.16. The number of aromatic amines is 1. The van der Waals surface area contributed by atoms with E-state index in [-0.39, 0.29) is 0 Å². The van der Waals surface area contributed by atoms with Gasteiger partial charge in [-0.05, 0) is 34.7 Å². The predicted octanol–water partition coefficient (Wildman–Crippen LogP) is 3.42. The van der Waals surface area contributed by atoms with Crippen molar-refractivity contribution in [2.75, 3.05) is 6.61 Å². The van der Waals surface area contributed by atoms with Crippen LogP contribution in [0.2, 0.25) is 25.7 Å². The third-order valence-corrected chi connectivity index (χ3v) is 5.17. The van der Waals surface area contributed by atoms with Crippen LogP contribution in [-0.2, 0) is 11.3 Å². The van der Waals surface area contributed by atoms with E-state index in [9.17, 15) is 0 Å². The molecule has 2 rings (SSSR count). The average molecular weight is 375 g/mol. The Morgan fingerprint density at radius 1 is 1.33 bits per heavy atom. The SMILES string of the molecule is C[Si](C)(C)CCOCc1nc(I)c2cc[nH]c2n1. The first-order valence-electron chi connectivity index (χ1n) is 6.03. The van der Waals surface area contributed by atoms with Crippen LogP contribution >= 0.6 is 22.6 Å². The molecule has 0 amide bonds. The van der Waals surface area contributed by atoms with E-state index in [1.807, 2.05) is 12.3 Å². The Hall–Kier alpha value is -0.473. The molecule has 6 heteroatoms. The van der Waals surface area contributed by atoms with Gasteiger partial charge in [0, 0.05) is 20.9 Å². The second-order valence-electron chi connectivity index (χ2n) is 5.53. The fraction of sp³-hybridized carbons (Fsp3) is 0.500. The highest BCUT2D eigenvalue weighted by Gasteiger charge is 2.12. The van der Waals surface area contributed by atoms with Gasteiger partial charge in [-0.1, -0.05) is 19.6 Å². The summed E-state index contributed by atoms with van der Waals surface area (Å²) in [5.74, 6) is 0.755. The minimum atomic E-state index is -1.01. The molecule has 0 aromatic carbocycles. The molecule has 0 fully saturated rings. The van der Waals surface area contributed by atoms with Crippen molar-refractivity contribution in [2.45, 2.75) is 32.3 Å². The molecule has 0 aliphatic heterocycles. The Morgan fingerprint density at radius 2 is 2.11 bits per heavy atom. The van der Waals surface area contributed by atoms with Gasteiger partial charge in [0.2, 0.25) is 0 Å². The lowest BCUT2D eigenvalue weighted by molar-refractivity contribution is 0.127. The number of rotatable bonds is 5. The first kappa shape index (κ1) is 13.9. The zero-order chi connectivity index (χ0) is 13.2. The summed E-state index contributed by atoms with van der Waals surface area (Å²) in [6.45, 7) is 8.34. The van der Waals surface area contributed by atoms with E-state index in [4.69, 9.17) is 4.74 Å². The quantitative estimate of drug-likeness (QED) is 0.377. The second-order valence-corrected chi connectivity index (χ2v) is 12.2. The first-order valence-corrected chi connectivity index (χ1v) is 10.8. The summed E-state index contributed by atoms with van der Waals surface area (Å²) in [5.41, 5.74) is 0.887. The molecule has 2 aromatic rings. The van der Waals surface area contributed by atoms with Gasteiger partial charge in [0.15, 0.2) is 5.82 Å². The van der Waals surface area contributed by atoms with Crippen molar-refractivity contribution < 1.29 is 4.74 Å². The van der Waals surface area contributed by atoms with E-state index < -0.39 is 8.07 Å². The minimum absolute atomic E-state index is 0.495. The number of nitrogens with one attached hydrogen (secondary N) is 1. The molecule has 0 saturated heterocycles. The second kappa shape index (κ2) is 5.66. The van der Waals surface area contributed by atoms with Gasteiger partial charge >= 0.3 is 0 Å². The highest BCUT2D eigenvalue weighted by molar-refractivity contribution is 14.1. The lowest BCUT2D eigenvalue weighted by Gasteiger charge is -2.15. The molecule has 2 aromatic heterocycles. The Morgan fingerprint density at radius 3 is 2.83 bits per heavy atom. The molecule has 0 aliphatic rings. The summed E-state index contributed by atoms with van der Waals surface area (Å²) >= 11 is 2.23. The number of hydrogen-bond acceptors (Lipinski definition) is 3. The first-order chi connectivity index (χ1) is 8.46. The Kier molecular flexibility index (Phi) is 4.39. The van der Waals surface area contributed by atoms with Crippen LogP contribution in [0.15, 0.2) is 12.3 Å². The number of H-pyrrole nitrogens is 1. The fourth-order valence-corrected chi connectivity index (χ4v) is 3.02. The molecule has 0 radical (unpaired) electrons. The molecule has 0 bridgehead atoms. The number of halogens is 1. The summed E-state index contributed by atoms with van der Waals surface area (Å²) in [5, 5.41) is 1.07. The van der Waals surface area contributed by atoms with E-state index >= 15 is 0 Å². The number of ether oxygens (including phenoxy) is 1. The maximum Gasteiger partial charge on any atom is 0.157 e. The average Bonchev–Trinajstić information content (AvgIpc) is 2.71. The van der Waals surface area contributed by atoms with Crippen molar-refractivity contribution in [2.24, 2.45) is 0 Å². The predicted molar refractivity (Wildman–Crippen MR) is 84.4 cm³/mol. The summed E-state index contributed by atoms with van der Waals surface area (Å²) in [6, 6.07) is 3.17. The fourth-order valence-electron chi connectivity index (χ4n) is 1.55. The smallest absolute Gasteiger partial charge is 0.157 e. The number of aromatic nitrogens is 3. The third kappa shape index (κ3) is 3.76. The van der Waals surface area contributed by atoms with Crippen LogP contribution in [0.1, 0.15) is 5.82 Å². The van der Waals surface area contributed by atoms with Crippen molar-refractivity contribution in [3.05, 3.63) is 21.8 Å². The van der Waals surface area contributed by atoms with Crippen molar-refractivity contribution in [1.29, 1.82) is 0 Å². The lowest BCUT2D eigenvalue weighted by Crippen LogP contribution is -2.21. The van der Waals surface area contributed by atoms with Gasteiger partial charge in [0.25, 0.3) is 0 Å². The van der Waals surface area contributed by atoms with E-state index in [1.54, 1.807) is 0 Å². The van der Waals surface area contributed by atoms with Crippen molar-refractivity contribution in [3.63, 3.8) is 0 Å². The van der Waals surface area contributed by atoms with Crippen LogP contribution in [0.4, 0.5) is 0 Å². The third-order valence-electron chi connectivity index (χ3n) is 2.64. The topological polar surface area (TPSA) is 50.8 Å². The molecular formula is C12H18IN3OSi. The van der Waals surface area contributed by atoms with Gasteiger partial charge in [0.05, 0.1) is 5.39 Å². The molecule has 0 spiro atoms. The molecule has 4 nitrogen and oxygen atoms in total. The monoisotopic (exact) mass is 375 g/mol. The van der Waals surface area contributed by atoms with Crippen LogP contribution in [0, 0.1) is 3.70 Å². The van der Waals surface area contributed by atoms with Gasteiger partial charge in [-0.25, -0.2) is 9.97 Å². The van der Waals surface area contributed by atoms with E-state index in [0.717, 1.165) is 27.2 Å². The van der Waals surface area contributed by atoms with Gasteiger partial charge in [-0.15, -0.1) is 0 Å². The molecule has 0 unspecified atom stereocenters. The maximum atomic E-state index is 5.67. The Labute approximate surface area is 122 Å². The molecule has 98 valence electrons. The van der Waals surface area contributed by atoms with Crippen LogP contribution in [0.5, 0.6) is 0 Å². The zero-order valence-electron chi connectivity index (χ0n) is 11.0. The molecule has 2 heterocycles. The van der Waals surface area contributed by atoms with Gasteiger partial charge in [0.1, 0.15) is 16.0 Å². The van der Waals surface area contributed by atoms with Crippen molar-refractivity contribution in [1.82, 2.24) is 15.0 Å². The molecule has 0 atom stereocenters. The molecule has 18 heavy (non-hydrogen) atoms. The highest BCUT2D eigenvalue weighted by atomic mass is 127. The minimum Gasteiger partial charge on any atom is -0.374 e. The van der Waals surface area contributed by atoms with Crippen LogP contribution in [-0.4, -0.2) is 29.6 Å². The van der Waals surface area contributed by atoms with Crippen LogP contribution in [0.3, 0.4) is 0 Å². The van der Waals surface area contributed by atoms with Gasteiger partial charge in [-0.3, -0.25) is 0 Å². The molecule has 1 N–H and O–H groups in total. The van der Waals surface area contributed by atoms with Crippen LogP contribution < -0.4 is 0 Å². The Bertz CT molecular complexity index is 536. The summed E-state index contributed by atoms with van der Waals surface area (Å²) in [7, 11) is -1.01. The van der Waals surface area contributed by atoms with Crippen LogP contribution in [0.25, 0.3) is 11.0 Å². The van der Waals surface area contributed by atoms with Gasteiger partial charge in [-0.2, -0.15) is 0 Å². The maximum absolute atomic E-state index is 5.67. The number of fused-ring (bicyclic) bond motifs is 1. The van der Waals surface area contributed by atoms with Gasteiger partial charge < -0.3 is 9.72 Å². The van der Waals surface area contributed by atoms with E-state index in [0.29, 0.717) is 6.61 Å². The number of hydrogen-bond donors (Lipinski definition) is 1. The summed E-state index contributed by atoms with van der Waals surface area (Å²) in [4.78, 5) is 12.0. The molecular weight excluding hydrogens is 357 g/mol. The van der Waals surface area contributed by atoms with E-state index in [2.05, 4.69) is 57.2 Å². The zero-order valence-corrected chi connectivity index (χ0v) is 14.1. The summed E-state index contributed by atoms with van der Waals surface area (Å²) in [6.07, 6.45) is 1.89. The molecule has 0 saturated carbocycles. The summed E-state index contributed by atoms with van der Waals surface area (Å²) < 4.78 is 6.64. The van der Waals surface area contributed by atoms with E-state index in [1.165, 1.54) is 6.04 Å². The largest absolute Gasteiger partial charge is 0.374 e. The Balaban J connectivity index is 1.95. The standard InChI is InChI=1S/C12H18IN3OSi/c1-18(2,3)7-6-17-8-10-15-11(13)9-4-5-14-12(9)16-10/h4-5H,6-8H2,1-3H3,(H,14,15,16). The normalized spacial score (nSPS) is 12.2. The van der Waals surface area contributed by atoms with Crippen molar-refractivity contribution >= 4 is 41.7 Å². The lowest BCUT2D eigenvalue weighted by atomic mass is 10.4. The number of nitrogens with zero attached hydrogens (tertiary/aromatic N) is 2. The van der Waals surface area contributed by atoms with Crippen molar-refractivity contribution in [3.8, 4) is 0 Å².